The first-order valence-electron chi connectivity index (χ1n) is 14.3. The minimum Gasteiger partial charge on any atom is -0.505 e. The largest absolute Gasteiger partial charge is 0.505 e. The lowest BCUT2D eigenvalue weighted by molar-refractivity contribution is -0.128. The third kappa shape index (κ3) is 6.18. The highest BCUT2D eigenvalue weighted by molar-refractivity contribution is 6.14. The average Bonchev–Trinajstić information content (AvgIpc) is 3.44. The maximum atomic E-state index is 13.8. The summed E-state index contributed by atoms with van der Waals surface area (Å²) in [4.78, 5) is 46.9. The van der Waals surface area contributed by atoms with Gasteiger partial charge in [0, 0.05) is 36.8 Å². The third-order valence-electron chi connectivity index (χ3n) is 7.69. The molecule has 0 radical (unpaired) electrons. The van der Waals surface area contributed by atoms with Crippen molar-refractivity contribution in [3.05, 3.63) is 142 Å². The van der Waals surface area contributed by atoms with Gasteiger partial charge in [0.2, 0.25) is 11.7 Å². The molecule has 0 bridgehead atoms. The molecule has 2 aliphatic rings. The Hall–Kier alpha value is -5.24. The van der Waals surface area contributed by atoms with Crippen LogP contribution < -0.4 is 0 Å². The van der Waals surface area contributed by atoms with Gasteiger partial charge in [0.1, 0.15) is 18.0 Å². The number of allylic oxidation sites excluding steroid dienone is 1. The van der Waals surface area contributed by atoms with Crippen LogP contribution in [0.25, 0.3) is 5.76 Å². The fourth-order valence-electron chi connectivity index (χ4n) is 5.60. The molecule has 8 nitrogen and oxygen atoms in total. The van der Waals surface area contributed by atoms with Gasteiger partial charge in [-0.25, -0.2) is 4.79 Å². The number of likely N-dealkylation sites (tertiary alicyclic amines) is 1. The molecule has 2 aliphatic heterocycles. The first-order valence-corrected chi connectivity index (χ1v) is 14.3. The second-order valence-corrected chi connectivity index (χ2v) is 10.8. The first kappa shape index (κ1) is 27.9. The van der Waals surface area contributed by atoms with Crippen molar-refractivity contribution >= 4 is 23.5 Å². The summed E-state index contributed by atoms with van der Waals surface area (Å²) >= 11 is 0. The van der Waals surface area contributed by atoms with Crippen LogP contribution in [0.2, 0.25) is 0 Å². The molecule has 0 atom stereocenters. The fraction of sp³-hybridized carbons (Fsp3) is 0.200. The number of aliphatic hydroxyl groups is 1. The van der Waals surface area contributed by atoms with Gasteiger partial charge < -0.3 is 14.7 Å². The number of benzene rings is 3. The van der Waals surface area contributed by atoms with Crippen LogP contribution in [-0.4, -0.2) is 44.2 Å². The molecule has 0 unspecified atom stereocenters. The summed E-state index contributed by atoms with van der Waals surface area (Å²) in [6, 6.07) is 28.2. The van der Waals surface area contributed by atoms with E-state index in [4.69, 9.17) is 4.74 Å². The molecular weight excluding hydrogens is 542 g/mol. The lowest BCUT2D eigenvalue weighted by atomic mass is 9.95. The second kappa shape index (κ2) is 12.3. The maximum absolute atomic E-state index is 13.8. The van der Waals surface area contributed by atoms with Gasteiger partial charge >= 0.3 is 6.09 Å². The van der Waals surface area contributed by atoms with Crippen LogP contribution in [0.4, 0.5) is 4.79 Å². The minimum absolute atomic E-state index is 0.0128. The molecule has 1 fully saturated rings. The number of pyridine rings is 1. The SMILES string of the molecule is O=C1/C(=C(\O)c2cc(Cc3ccccc3)cc(CN3CCCC3=O)c2)N(C(=O)OCc2ccccc2)Cc2cccnc21. The Labute approximate surface area is 249 Å². The lowest BCUT2D eigenvalue weighted by Gasteiger charge is -2.29. The van der Waals surface area contributed by atoms with E-state index < -0.39 is 11.9 Å². The number of fused-ring (bicyclic) bond motifs is 1. The van der Waals surface area contributed by atoms with Gasteiger partial charge in [-0.15, -0.1) is 0 Å². The molecule has 0 aliphatic carbocycles. The van der Waals surface area contributed by atoms with Crippen LogP contribution in [0.15, 0.2) is 103 Å². The molecule has 4 aromatic rings. The van der Waals surface area contributed by atoms with Crippen LogP contribution >= 0.6 is 0 Å². The predicted molar refractivity (Wildman–Crippen MR) is 161 cm³/mol. The topological polar surface area (TPSA) is 100 Å². The summed E-state index contributed by atoms with van der Waals surface area (Å²) in [6.45, 7) is 1.09. The van der Waals surface area contributed by atoms with Gasteiger partial charge in [-0.3, -0.25) is 19.5 Å². The van der Waals surface area contributed by atoms with Gasteiger partial charge in [0.05, 0.1) is 6.54 Å². The summed E-state index contributed by atoms with van der Waals surface area (Å²) in [6.07, 6.45) is 2.68. The van der Waals surface area contributed by atoms with E-state index in [0.29, 0.717) is 37.1 Å². The minimum atomic E-state index is -0.753. The molecule has 8 heteroatoms. The number of carbonyl (C=O) groups is 3. The van der Waals surface area contributed by atoms with Crippen molar-refractivity contribution in [2.45, 2.75) is 39.0 Å². The van der Waals surface area contributed by atoms with E-state index in [1.807, 2.05) is 72.8 Å². The smallest absolute Gasteiger partial charge is 0.415 e. The number of rotatable bonds is 7. The van der Waals surface area contributed by atoms with E-state index in [9.17, 15) is 19.5 Å². The van der Waals surface area contributed by atoms with E-state index in [0.717, 1.165) is 28.7 Å². The number of ether oxygens (including phenoxy) is 1. The number of amides is 2. The second-order valence-electron chi connectivity index (χ2n) is 10.8. The van der Waals surface area contributed by atoms with Crippen molar-refractivity contribution in [1.82, 2.24) is 14.8 Å². The summed E-state index contributed by atoms with van der Waals surface area (Å²) in [5.41, 5.74) is 4.52. The molecule has 2 amide bonds. The number of hydrogen-bond donors (Lipinski definition) is 1. The normalized spacial score (nSPS) is 15.8. The Bertz CT molecular complexity index is 1700. The number of aliphatic hydroxyl groups excluding tert-OH is 1. The summed E-state index contributed by atoms with van der Waals surface area (Å²) in [7, 11) is 0. The third-order valence-corrected chi connectivity index (χ3v) is 7.69. The van der Waals surface area contributed by atoms with Crippen LogP contribution in [-0.2, 0) is 35.6 Å². The van der Waals surface area contributed by atoms with Crippen molar-refractivity contribution in [2.75, 3.05) is 6.54 Å². The molecular formula is C35H31N3O5. The molecule has 1 aromatic heterocycles. The molecule has 1 saturated heterocycles. The molecule has 3 heterocycles. The number of hydrogen-bond acceptors (Lipinski definition) is 6. The van der Waals surface area contributed by atoms with Crippen molar-refractivity contribution in [2.24, 2.45) is 0 Å². The highest BCUT2D eigenvalue weighted by Gasteiger charge is 2.37. The Kier molecular flexibility index (Phi) is 8.00. The monoisotopic (exact) mass is 573 g/mol. The van der Waals surface area contributed by atoms with Gasteiger partial charge in [-0.05, 0) is 53.3 Å². The van der Waals surface area contributed by atoms with E-state index in [-0.39, 0.29) is 36.2 Å². The standard InChI is InChI=1S/C35H31N3O5/c39-30-14-8-16-37(30)21-27-18-26(17-24-9-3-1-4-10-24)19-29(20-27)33(40)32-34(41)31-28(13-7-15-36-31)22-38(32)35(42)43-23-25-11-5-2-6-12-25/h1-7,9-13,15,18-20,40H,8,14,16-17,21-23H2/b33-32+. The maximum Gasteiger partial charge on any atom is 0.415 e. The van der Waals surface area contributed by atoms with E-state index in [2.05, 4.69) is 4.98 Å². The van der Waals surface area contributed by atoms with Gasteiger partial charge in [0.25, 0.3) is 0 Å². The fourth-order valence-corrected chi connectivity index (χ4v) is 5.60. The van der Waals surface area contributed by atoms with Gasteiger partial charge in [0.15, 0.2) is 5.76 Å². The number of ketones is 1. The number of aromatic nitrogens is 1. The highest BCUT2D eigenvalue weighted by Crippen LogP contribution is 2.32. The number of carbonyl (C=O) groups excluding carboxylic acids is 3. The highest BCUT2D eigenvalue weighted by atomic mass is 16.6. The summed E-state index contributed by atoms with van der Waals surface area (Å²) in [5.74, 6) is -0.822. The van der Waals surface area contributed by atoms with E-state index in [1.54, 1.807) is 23.1 Å². The Balaban J connectivity index is 1.40. The predicted octanol–water partition coefficient (Wildman–Crippen LogP) is 6.06. The van der Waals surface area contributed by atoms with Crippen LogP contribution in [0.3, 0.4) is 0 Å². The zero-order valence-electron chi connectivity index (χ0n) is 23.6. The first-order chi connectivity index (χ1) is 21.0. The number of nitrogens with zero attached hydrogens (tertiary/aromatic N) is 3. The molecule has 3 aromatic carbocycles. The van der Waals surface area contributed by atoms with E-state index >= 15 is 0 Å². The number of Topliss-reactive ketones (excluding diaryl/α,β-unsaturated/α-hetero) is 1. The zero-order chi connectivity index (χ0) is 29.8. The Morgan fingerprint density at radius 2 is 1.58 bits per heavy atom. The quantitative estimate of drug-likeness (QED) is 0.213. The summed E-state index contributed by atoms with van der Waals surface area (Å²) in [5, 5.41) is 11.8. The van der Waals surface area contributed by atoms with Crippen molar-refractivity contribution in [1.29, 1.82) is 0 Å². The zero-order valence-corrected chi connectivity index (χ0v) is 23.6. The lowest BCUT2D eigenvalue weighted by Crippen LogP contribution is -2.39. The molecule has 6 rings (SSSR count). The molecule has 0 saturated carbocycles. The van der Waals surface area contributed by atoms with Crippen molar-refractivity contribution < 1.29 is 24.2 Å². The Morgan fingerprint density at radius 1 is 0.860 bits per heavy atom. The van der Waals surface area contributed by atoms with E-state index in [1.165, 1.54) is 11.1 Å². The molecule has 43 heavy (non-hydrogen) atoms. The molecule has 0 spiro atoms. The van der Waals surface area contributed by atoms with Crippen LogP contribution in [0.1, 0.15) is 56.7 Å². The molecule has 1 N–H and O–H groups in total. The van der Waals surface area contributed by atoms with Crippen LogP contribution in [0.5, 0.6) is 0 Å². The van der Waals surface area contributed by atoms with Crippen molar-refractivity contribution in [3.8, 4) is 0 Å². The molecule has 216 valence electrons. The average molecular weight is 574 g/mol. The van der Waals surface area contributed by atoms with Crippen molar-refractivity contribution in [3.63, 3.8) is 0 Å². The van der Waals surface area contributed by atoms with Gasteiger partial charge in [-0.1, -0.05) is 72.8 Å². The van der Waals surface area contributed by atoms with Crippen LogP contribution in [0, 0.1) is 0 Å². The Morgan fingerprint density at radius 3 is 2.30 bits per heavy atom. The van der Waals surface area contributed by atoms with Gasteiger partial charge in [-0.2, -0.15) is 0 Å². The summed E-state index contributed by atoms with van der Waals surface area (Å²) < 4.78 is 5.60.